The zero-order chi connectivity index (χ0) is 18.2. The summed E-state index contributed by atoms with van der Waals surface area (Å²) in [7, 11) is 0. The second-order valence-electron chi connectivity index (χ2n) is 6.65. The molecule has 0 aliphatic carbocycles. The predicted molar refractivity (Wildman–Crippen MR) is 94.4 cm³/mol. The summed E-state index contributed by atoms with van der Waals surface area (Å²) in [6.45, 7) is 3.31. The van der Waals surface area contributed by atoms with Crippen LogP contribution in [0.2, 0.25) is 0 Å². The number of primary amides is 1. The standard InChI is InChI=1S/C17H21FN6O/c1-17(21)5-7-24(8-6-17)16-22-13(15(20)25)12(14(19)23-16)10-3-2-4-11(18)9-10/h2-4,9H,5-8,21H2,1H3,(H2,20,25)(H2,19,22,23). The van der Waals surface area contributed by atoms with Crippen molar-refractivity contribution in [3.8, 4) is 11.1 Å². The third-order valence-corrected chi connectivity index (χ3v) is 4.46. The van der Waals surface area contributed by atoms with E-state index in [4.69, 9.17) is 17.2 Å². The number of aromatic nitrogens is 2. The van der Waals surface area contributed by atoms with Crippen LogP contribution in [0.1, 0.15) is 30.3 Å². The molecule has 1 aliphatic heterocycles. The molecule has 6 N–H and O–H groups in total. The summed E-state index contributed by atoms with van der Waals surface area (Å²) in [5.41, 5.74) is 18.1. The number of carbonyl (C=O) groups excluding carboxylic acids is 1. The van der Waals surface area contributed by atoms with Gasteiger partial charge in [-0.15, -0.1) is 0 Å². The van der Waals surface area contributed by atoms with Gasteiger partial charge in [0.05, 0.1) is 5.56 Å². The summed E-state index contributed by atoms with van der Waals surface area (Å²) in [5, 5.41) is 0. The third-order valence-electron chi connectivity index (χ3n) is 4.46. The number of piperidine rings is 1. The van der Waals surface area contributed by atoms with Crippen molar-refractivity contribution in [2.45, 2.75) is 25.3 Å². The fourth-order valence-corrected chi connectivity index (χ4v) is 2.93. The number of amides is 1. The summed E-state index contributed by atoms with van der Waals surface area (Å²) in [6, 6.07) is 5.72. The summed E-state index contributed by atoms with van der Waals surface area (Å²) in [4.78, 5) is 22.5. The smallest absolute Gasteiger partial charge is 0.268 e. The molecule has 3 rings (SSSR count). The Morgan fingerprint density at radius 2 is 1.96 bits per heavy atom. The van der Waals surface area contributed by atoms with Crippen molar-refractivity contribution >= 4 is 17.7 Å². The van der Waals surface area contributed by atoms with Gasteiger partial charge < -0.3 is 22.1 Å². The Labute approximate surface area is 145 Å². The van der Waals surface area contributed by atoms with Gasteiger partial charge in [0, 0.05) is 18.6 Å². The number of nitrogen functional groups attached to an aromatic ring is 1. The number of hydrogen-bond acceptors (Lipinski definition) is 6. The summed E-state index contributed by atoms with van der Waals surface area (Å²) in [6.07, 6.45) is 1.54. The monoisotopic (exact) mass is 344 g/mol. The van der Waals surface area contributed by atoms with E-state index >= 15 is 0 Å². The van der Waals surface area contributed by atoms with Crippen LogP contribution >= 0.6 is 0 Å². The van der Waals surface area contributed by atoms with Gasteiger partial charge in [-0.3, -0.25) is 4.79 Å². The molecule has 0 saturated carbocycles. The molecule has 132 valence electrons. The van der Waals surface area contributed by atoms with E-state index in [0.717, 1.165) is 12.8 Å². The highest BCUT2D eigenvalue weighted by Crippen LogP contribution is 2.31. The second-order valence-corrected chi connectivity index (χ2v) is 6.65. The highest BCUT2D eigenvalue weighted by atomic mass is 19.1. The van der Waals surface area contributed by atoms with E-state index in [-0.39, 0.29) is 22.6 Å². The van der Waals surface area contributed by atoms with Crippen LogP contribution in [0.15, 0.2) is 24.3 Å². The first kappa shape index (κ1) is 17.1. The number of anilines is 2. The summed E-state index contributed by atoms with van der Waals surface area (Å²) < 4.78 is 13.5. The molecule has 7 nitrogen and oxygen atoms in total. The number of benzene rings is 1. The van der Waals surface area contributed by atoms with Crippen LogP contribution in [0.5, 0.6) is 0 Å². The van der Waals surface area contributed by atoms with Gasteiger partial charge in [-0.2, -0.15) is 4.98 Å². The summed E-state index contributed by atoms with van der Waals surface area (Å²) >= 11 is 0. The SMILES string of the molecule is CC1(N)CCN(c2nc(N)c(-c3cccc(F)c3)c(C(N)=O)n2)CC1. The maximum absolute atomic E-state index is 13.5. The van der Waals surface area contributed by atoms with Crippen LogP contribution in [0.25, 0.3) is 11.1 Å². The minimum absolute atomic E-state index is 0.0193. The molecule has 8 heteroatoms. The van der Waals surface area contributed by atoms with Gasteiger partial charge in [0.25, 0.3) is 5.91 Å². The number of nitrogens with two attached hydrogens (primary N) is 3. The number of hydrogen-bond donors (Lipinski definition) is 3. The zero-order valence-electron chi connectivity index (χ0n) is 14.0. The van der Waals surface area contributed by atoms with Crippen LogP contribution in [0.4, 0.5) is 16.2 Å². The largest absolute Gasteiger partial charge is 0.383 e. The van der Waals surface area contributed by atoms with Crippen molar-refractivity contribution in [1.29, 1.82) is 0 Å². The van der Waals surface area contributed by atoms with Gasteiger partial charge in [0.1, 0.15) is 17.3 Å². The van der Waals surface area contributed by atoms with Gasteiger partial charge >= 0.3 is 0 Å². The number of rotatable bonds is 3. The molecule has 2 aromatic rings. The van der Waals surface area contributed by atoms with Crippen LogP contribution < -0.4 is 22.1 Å². The van der Waals surface area contributed by atoms with E-state index in [0.29, 0.717) is 24.6 Å². The fourth-order valence-electron chi connectivity index (χ4n) is 2.93. The van der Waals surface area contributed by atoms with E-state index in [1.807, 2.05) is 11.8 Å². The van der Waals surface area contributed by atoms with Gasteiger partial charge in [0.2, 0.25) is 5.95 Å². The van der Waals surface area contributed by atoms with Crippen LogP contribution in [-0.2, 0) is 0 Å². The van der Waals surface area contributed by atoms with Crippen LogP contribution in [0, 0.1) is 5.82 Å². The van der Waals surface area contributed by atoms with Gasteiger partial charge in [0.15, 0.2) is 0 Å². The molecule has 1 amide bonds. The molecular weight excluding hydrogens is 323 g/mol. The lowest BCUT2D eigenvalue weighted by atomic mass is 9.91. The molecule has 1 fully saturated rings. The van der Waals surface area contributed by atoms with E-state index in [2.05, 4.69) is 9.97 Å². The molecule has 1 aliphatic rings. The lowest BCUT2D eigenvalue weighted by molar-refractivity contribution is 0.0996. The molecule has 0 radical (unpaired) electrons. The maximum atomic E-state index is 13.5. The Morgan fingerprint density at radius 1 is 1.28 bits per heavy atom. The highest BCUT2D eigenvalue weighted by Gasteiger charge is 2.28. The normalized spacial score (nSPS) is 16.7. The van der Waals surface area contributed by atoms with E-state index in [1.54, 1.807) is 6.07 Å². The van der Waals surface area contributed by atoms with E-state index in [1.165, 1.54) is 18.2 Å². The Morgan fingerprint density at radius 3 is 2.56 bits per heavy atom. The average Bonchev–Trinajstić information content (AvgIpc) is 2.54. The van der Waals surface area contributed by atoms with Gasteiger partial charge in [-0.25, -0.2) is 9.37 Å². The van der Waals surface area contributed by atoms with Crippen LogP contribution in [0.3, 0.4) is 0 Å². The molecule has 0 atom stereocenters. The van der Waals surface area contributed by atoms with Crippen molar-refractivity contribution in [2.24, 2.45) is 11.5 Å². The zero-order valence-corrected chi connectivity index (χ0v) is 14.0. The molecule has 2 heterocycles. The summed E-state index contributed by atoms with van der Waals surface area (Å²) in [5.74, 6) is -0.766. The molecule has 1 aromatic carbocycles. The maximum Gasteiger partial charge on any atom is 0.268 e. The first-order chi connectivity index (χ1) is 11.8. The third kappa shape index (κ3) is 3.53. The molecule has 25 heavy (non-hydrogen) atoms. The average molecular weight is 344 g/mol. The molecule has 0 spiro atoms. The minimum Gasteiger partial charge on any atom is -0.383 e. The molecule has 0 unspecified atom stereocenters. The fraction of sp³-hybridized carbons (Fsp3) is 0.353. The Hall–Kier alpha value is -2.74. The molecule has 1 saturated heterocycles. The van der Waals surface area contributed by atoms with Crippen molar-refractivity contribution in [2.75, 3.05) is 23.7 Å². The lowest BCUT2D eigenvalue weighted by Crippen LogP contribution is -2.48. The van der Waals surface area contributed by atoms with E-state index < -0.39 is 11.7 Å². The Kier molecular flexibility index (Phi) is 4.30. The van der Waals surface area contributed by atoms with Crippen molar-refractivity contribution in [1.82, 2.24) is 9.97 Å². The Bertz CT molecular complexity index is 813. The number of halogens is 1. The molecular formula is C17H21FN6O. The first-order valence-electron chi connectivity index (χ1n) is 8.04. The second kappa shape index (κ2) is 6.29. The minimum atomic E-state index is -0.740. The van der Waals surface area contributed by atoms with Gasteiger partial charge in [-0.1, -0.05) is 12.1 Å². The van der Waals surface area contributed by atoms with E-state index in [9.17, 15) is 9.18 Å². The quantitative estimate of drug-likeness (QED) is 0.770. The topological polar surface area (TPSA) is 124 Å². The van der Waals surface area contributed by atoms with Crippen LogP contribution in [-0.4, -0.2) is 34.5 Å². The lowest BCUT2D eigenvalue weighted by Gasteiger charge is -2.36. The van der Waals surface area contributed by atoms with Crippen molar-refractivity contribution in [3.05, 3.63) is 35.8 Å². The number of carbonyl (C=O) groups is 1. The van der Waals surface area contributed by atoms with Gasteiger partial charge in [-0.05, 0) is 37.5 Å². The Balaban J connectivity index is 2.03. The first-order valence-corrected chi connectivity index (χ1v) is 8.04. The predicted octanol–water partition coefficient (Wildman–Crippen LogP) is 1.28. The highest BCUT2D eigenvalue weighted by molar-refractivity contribution is 6.00. The number of nitrogens with zero attached hydrogens (tertiary/aromatic N) is 3. The van der Waals surface area contributed by atoms with Crippen molar-refractivity contribution in [3.63, 3.8) is 0 Å². The molecule has 1 aromatic heterocycles. The molecule has 0 bridgehead atoms. The van der Waals surface area contributed by atoms with Crippen molar-refractivity contribution < 1.29 is 9.18 Å².